The summed E-state index contributed by atoms with van der Waals surface area (Å²) in [5.41, 5.74) is 0.700. The average Bonchev–Trinajstić information content (AvgIpc) is 3.33. The molecule has 0 radical (unpaired) electrons. The second kappa shape index (κ2) is 12.0. The summed E-state index contributed by atoms with van der Waals surface area (Å²) >= 11 is 12.7. The minimum absolute atomic E-state index is 0.0228. The van der Waals surface area contributed by atoms with E-state index >= 15 is 0 Å². The number of amides is 2. The van der Waals surface area contributed by atoms with E-state index in [1.165, 1.54) is 17.9 Å². The molecule has 0 fully saturated rings. The van der Waals surface area contributed by atoms with Crippen LogP contribution in [-0.4, -0.2) is 56.8 Å². The molecule has 0 saturated carbocycles. The molecular weight excluding hydrogens is 529 g/mol. The molecule has 1 atom stereocenters. The lowest BCUT2D eigenvalue weighted by Crippen LogP contribution is -2.51. The second-order valence-corrected chi connectivity index (χ2v) is 11.1. The molecule has 0 bridgehead atoms. The first-order valence-electron chi connectivity index (χ1n) is 11.5. The lowest BCUT2D eigenvalue weighted by Gasteiger charge is -2.32. The molecule has 36 heavy (non-hydrogen) atoms. The summed E-state index contributed by atoms with van der Waals surface area (Å²) in [6.45, 7) is 4.81. The first-order chi connectivity index (χ1) is 17.1. The molecule has 0 aliphatic carbocycles. The van der Waals surface area contributed by atoms with Crippen LogP contribution in [-0.2, 0) is 26.2 Å². The highest BCUT2D eigenvalue weighted by Gasteiger charge is 2.32. The van der Waals surface area contributed by atoms with Crippen molar-refractivity contribution in [2.45, 2.75) is 39.8 Å². The van der Waals surface area contributed by atoms with Crippen LogP contribution in [0.25, 0.3) is 0 Å². The topological polar surface area (TPSA) is 105 Å². The van der Waals surface area contributed by atoms with Gasteiger partial charge in [-0.15, -0.1) is 0 Å². The Kier molecular flexibility index (Phi) is 9.32. The molecule has 196 valence electrons. The summed E-state index contributed by atoms with van der Waals surface area (Å²) in [5, 5.41) is 3.43. The molecule has 0 aromatic heterocycles. The molecule has 2 aromatic rings. The highest BCUT2D eigenvalue weighted by atomic mass is 35.5. The normalized spacial score (nSPS) is 13.2. The van der Waals surface area contributed by atoms with Crippen LogP contribution >= 0.6 is 23.2 Å². The summed E-state index contributed by atoms with van der Waals surface area (Å²) in [7, 11) is -3.87. The minimum atomic E-state index is -3.87. The van der Waals surface area contributed by atoms with Gasteiger partial charge in [0.25, 0.3) is 0 Å². The Morgan fingerprint density at radius 1 is 1.08 bits per heavy atom. The average molecular weight is 558 g/mol. The summed E-state index contributed by atoms with van der Waals surface area (Å²) in [5.74, 6) is -0.350. The number of hydrogen-bond acceptors (Lipinski definition) is 6. The van der Waals surface area contributed by atoms with Crippen LogP contribution in [0, 0.1) is 0 Å². The predicted octanol–water partition coefficient (Wildman–Crippen LogP) is 3.82. The van der Waals surface area contributed by atoms with Gasteiger partial charge in [0.05, 0.1) is 11.4 Å². The fraction of sp³-hybridized carbons (Fsp3) is 0.417. The van der Waals surface area contributed by atoms with Crippen molar-refractivity contribution in [3.8, 4) is 11.5 Å². The second-order valence-electron chi connectivity index (χ2n) is 8.13. The number of carbonyl (C=O) groups excluding carboxylic acids is 2. The number of benzene rings is 2. The number of fused-ring (bicyclic) bond motifs is 1. The van der Waals surface area contributed by atoms with Crippen LogP contribution in [0.2, 0.25) is 10.0 Å². The number of carbonyl (C=O) groups is 2. The van der Waals surface area contributed by atoms with Crippen LogP contribution in [0.3, 0.4) is 0 Å². The summed E-state index contributed by atoms with van der Waals surface area (Å²) in [6.07, 6.45) is 0.718. The van der Waals surface area contributed by atoms with E-state index in [1.807, 2.05) is 6.92 Å². The van der Waals surface area contributed by atoms with Gasteiger partial charge >= 0.3 is 0 Å². The fourth-order valence-electron chi connectivity index (χ4n) is 3.59. The van der Waals surface area contributed by atoms with E-state index in [0.29, 0.717) is 33.7 Å². The van der Waals surface area contributed by atoms with Crippen LogP contribution in [0.15, 0.2) is 36.4 Å². The van der Waals surface area contributed by atoms with Gasteiger partial charge < -0.3 is 19.7 Å². The van der Waals surface area contributed by atoms with Crippen molar-refractivity contribution in [3.63, 3.8) is 0 Å². The van der Waals surface area contributed by atoms with Crippen LogP contribution in [0.1, 0.15) is 32.8 Å². The smallest absolute Gasteiger partial charge is 0.244 e. The Morgan fingerprint density at radius 3 is 2.39 bits per heavy atom. The van der Waals surface area contributed by atoms with Crippen LogP contribution in [0.5, 0.6) is 11.5 Å². The Balaban J connectivity index is 1.97. The zero-order chi connectivity index (χ0) is 26.5. The lowest BCUT2D eigenvalue weighted by atomic mass is 10.1. The van der Waals surface area contributed by atoms with Gasteiger partial charge in [0.1, 0.15) is 12.6 Å². The number of ether oxygens (including phenoxy) is 2. The van der Waals surface area contributed by atoms with Gasteiger partial charge in [0.15, 0.2) is 11.5 Å². The number of anilines is 1. The molecule has 12 heteroatoms. The zero-order valence-corrected chi connectivity index (χ0v) is 22.6. The molecule has 3 rings (SSSR count). The van der Waals surface area contributed by atoms with Crippen molar-refractivity contribution in [2.75, 3.05) is 29.9 Å². The number of halogens is 2. The maximum atomic E-state index is 13.7. The maximum absolute atomic E-state index is 13.7. The number of nitrogens with zero attached hydrogens (tertiary/aromatic N) is 2. The molecule has 1 aliphatic heterocycles. The van der Waals surface area contributed by atoms with Crippen molar-refractivity contribution in [1.82, 2.24) is 10.2 Å². The monoisotopic (exact) mass is 557 g/mol. The van der Waals surface area contributed by atoms with E-state index in [2.05, 4.69) is 5.32 Å². The summed E-state index contributed by atoms with van der Waals surface area (Å²) in [6, 6.07) is 8.66. The molecule has 2 amide bonds. The minimum Gasteiger partial charge on any atom is -0.454 e. The summed E-state index contributed by atoms with van der Waals surface area (Å²) in [4.78, 5) is 27.8. The number of rotatable bonds is 11. The molecule has 1 N–H and O–H groups in total. The zero-order valence-electron chi connectivity index (χ0n) is 20.3. The third-order valence-electron chi connectivity index (χ3n) is 5.73. The van der Waals surface area contributed by atoms with Gasteiger partial charge in [-0.3, -0.25) is 13.9 Å². The standard InChI is InChI=1S/C24H29Cl2N3O6S/c1-4-11-27-24(31)16(3)28(13-18-19(25)7-6-8-20(18)26)23(30)14-29(36(32,33)5-2)17-9-10-21-22(12-17)35-15-34-21/h6-10,12,16H,4-5,11,13-15H2,1-3H3,(H,27,31). The van der Waals surface area contributed by atoms with Gasteiger partial charge in [0, 0.05) is 34.8 Å². The molecule has 0 saturated heterocycles. The van der Waals surface area contributed by atoms with Gasteiger partial charge in [-0.1, -0.05) is 36.2 Å². The first-order valence-corrected chi connectivity index (χ1v) is 13.9. The van der Waals surface area contributed by atoms with Crippen molar-refractivity contribution in [2.24, 2.45) is 0 Å². The van der Waals surface area contributed by atoms with Crippen molar-refractivity contribution in [3.05, 3.63) is 52.0 Å². The SMILES string of the molecule is CCCNC(=O)C(C)N(Cc1c(Cl)cccc1Cl)C(=O)CN(c1ccc2c(c1)OCO2)S(=O)(=O)CC. The molecule has 1 unspecified atom stereocenters. The first kappa shape index (κ1) is 27.9. The Morgan fingerprint density at radius 2 is 1.75 bits per heavy atom. The predicted molar refractivity (Wildman–Crippen MR) is 139 cm³/mol. The van der Waals surface area contributed by atoms with Crippen molar-refractivity contribution in [1.29, 1.82) is 0 Å². The Hall–Kier alpha value is -2.69. The molecule has 1 heterocycles. The van der Waals surface area contributed by atoms with E-state index < -0.39 is 28.5 Å². The quantitative estimate of drug-likeness (QED) is 0.450. The van der Waals surface area contributed by atoms with E-state index in [-0.39, 0.29) is 30.7 Å². The largest absolute Gasteiger partial charge is 0.454 e. The number of sulfonamides is 1. The van der Waals surface area contributed by atoms with Gasteiger partial charge in [-0.05, 0) is 44.5 Å². The number of hydrogen-bond donors (Lipinski definition) is 1. The molecular formula is C24H29Cl2N3O6S. The van der Waals surface area contributed by atoms with E-state index in [4.69, 9.17) is 32.7 Å². The molecule has 0 spiro atoms. The van der Waals surface area contributed by atoms with Crippen molar-refractivity contribution >= 4 is 50.7 Å². The maximum Gasteiger partial charge on any atom is 0.244 e. The molecule has 2 aromatic carbocycles. The van der Waals surface area contributed by atoms with E-state index in [1.54, 1.807) is 37.3 Å². The third-order valence-corrected chi connectivity index (χ3v) is 8.18. The number of nitrogens with one attached hydrogen (secondary N) is 1. The third kappa shape index (κ3) is 6.35. The van der Waals surface area contributed by atoms with Gasteiger partial charge in [0.2, 0.25) is 28.6 Å². The Labute approximate surface area is 221 Å². The Bertz CT molecular complexity index is 1200. The van der Waals surface area contributed by atoms with E-state index in [9.17, 15) is 18.0 Å². The lowest BCUT2D eigenvalue weighted by molar-refractivity contribution is -0.139. The molecule has 1 aliphatic rings. The van der Waals surface area contributed by atoms with Crippen LogP contribution in [0.4, 0.5) is 5.69 Å². The van der Waals surface area contributed by atoms with E-state index in [0.717, 1.165) is 10.7 Å². The van der Waals surface area contributed by atoms with Crippen molar-refractivity contribution < 1.29 is 27.5 Å². The highest BCUT2D eigenvalue weighted by molar-refractivity contribution is 7.92. The molecule has 9 nitrogen and oxygen atoms in total. The van der Waals surface area contributed by atoms with Crippen LogP contribution < -0.4 is 19.1 Å². The highest BCUT2D eigenvalue weighted by Crippen LogP contribution is 2.36. The summed E-state index contributed by atoms with van der Waals surface area (Å²) < 4.78 is 37.8. The fourth-order valence-corrected chi connectivity index (χ4v) is 5.16. The van der Waals surface area contributed by atoms with Gasteiger partial charge in [-0.25, -0.2) is 8.42 Å². The van der Waals surface area contributed by atoms with Gasteiger partial charge in [-0.2, -0.15) is 0 Å².